The smallest absolute Gasteiger partial charge is 0.332 e. The number of nitrogens with zero attached hydrogens (tertiary/aromatic N) is 1. The highest BCUT2D eigenvalue weighted by atomic mass is 16.5. The van der Waals surface area contributed by atoms with Crippen LogP contribution in [0.5, 0.6) is 0 Å². The first-order chi connectivity index (χ1) is 13.4. The summed E-state index contributed by atoms with van der Waals surface area (Å²) in [6.45, 7) is 3.04. The van der Waals surface area contributed by atoms with E-state index in [0.29, 0.717) is 19.7 Å². The lowest BCUT2D eigenvalue weighted by molar-refractivity contribution is -0.150. The van der Waals surface area contributed by atoms with Crippen molar-refractivity contribution >= 4 is 23.7 Å². The van der Waals surface area contributed by atoms with Crippen LogP contribution in [-0.2, 0) is 28.7 Å². The summed E-state index contributed by atoms with van der Waals surface area (Å²) < 4.78 is 10.3. The molecular weight excluding hydrogens is 368 g/mol. The summed E-state index contributed by atoms with van der Waals surface area (Å²) in [4.78, 5) is 47.3. The van der Waals surface area contributed by atoms with Gasteiger partial charge in [-0.15, -0.1) is 0 Å². The Morgan fingerprint density at radius 3 is 2.39 bits per heavy atom. The Bertz CT molecular complexity index is 593. The number of carboxylic acids is 1. The second kappa shape index (κ2) is 10.9. The van der Waals surface area contributed by atoms with Crippen LogP contribution in [0.4, 0.5) is 0 Å². The van der Waals surface area contributed by atoms with E-state index in [2.05, 4.69) is 5.32 Å². The molecule has 0 saturated heterocycles. The number of carbonyl (C=O) groups excluding carboxylic acids is 3. The lowest BCUT2D eigenvalue weighted by Crippen LogP contribution is -2.39. The Labute approximate surface area is 164 Å². The summed E-state index contributed by atoms with van der Waals surface area (Å²) in [6, 6.07) is 0. The van der Waals surface area contributed by atoms with Crippen molar-refractivity contribution in [1.82, 2.24) is 10.2 Å². The second-order valence-electron chi connectivity index (χ2n) is 7.09. The minimum absolute atomic E-state index is 0.00667. The Morgan fingerprint density at radius 2 is 1.79 bits per heavy atom. The van der Waals surface area contributed by atoms with Gasteiger partial charge in [-0.05, 0) is 38.5 Å². The zero-order chi connectivity index (χ0) is 20.5. The third-order valence-corrected chi connectivity index (χ3v) is 5.05. The minimum atomic E-state index is -1.02. The van der Waals surface area contributed by atoms with Crippen molar-refractivity contribution in [3.8, 4) is 0 Å². The molecule has 1 aliphatic carbocycles. The summed E-state index contributed by atoms with van der Waals surface area (Å²) in [7, 11) is 0. The topological polar surface area (TPSA) is 122 Å². The molecule has 0 aromatic carbocycles. The fraction of sp³-hybridized carbons (Fsp3) is 0.684. The van der Waals surface area contributed by atoms with Crippen LogP contribution in [0, 0.1) is 11.8 Å². The summed E-state index contributed by atoms with van der Waals surface area (Å²) in [5.74, 6) is -1.35. The van der Waals surface area contributed by atoms with Gasteiger partial charge in [-0.2, -0.15) is 0 Å². The van der Waals surface area contributed by atoms with E-state index < -0.39 is 12.1 Å². The molecule has 1 aliphatic heterocycles. The Balaban J connectivity index is 1.53. The van der Waals surface area contributed by atoms with Crippen LogP contribution in [0.3, 0.4) is 0 Å². The molecular formula is C19H28N2O7. The van der Waals surface area contributed by atoms with Gasteiger partial charge in [-0.25, -0.2) is 4.79 Å². The van der Waals surface area contributed by atoms with Gasteiger partial charge in [0, 0.05) is 31.2 Å². The SMILES string of the molecule is CC(OCCOCCNC(=O)C1CCC(CN2C(=O)C=CC2=O)CC1)C(=O)O. The van der Waals surface area contributed by atoms with Crippen molar-refractivity contribution in [1.29, 1.82) is 0 Å². The van der Waals surface area contributed by atoms with Gasteiger partial charge >= 0.3 is 5.97 Å². The molecule has 1 heterocycles. The lowest BCUT2D eigenvalue weighted by Gasteiger charge is -2.30. The van der Waals surface area contributed by atoms with Gasteiger partial charge in [0.05, 0.1) is 19.8 Å². The van der Waals surface area contributed by atoms with Crippen molar-refractivity contribution < 1.29 is 33.8 Å². The molecule has 2 N–H and O–H groups in total. The number of amides is 3. The fourth-order valence-corrected chi connectivity index (χ4v) is 3.32. The lowest BCUT2D eigenvalue weighted by atomic mass is 9.81. The number of rotatable bonds is 11. The van der Waals surface area contributed by atoms with Gasteiger partial charge in [-0.3, -0.25) is 19.3 Å². The van der Waals surface area contributed by atoms with E-state index in [-0.39, 0.29) is 42.8 Å². The van der Waals surface area contributed by atoms with E-state index in [9.17, 15) is 19.2 Å². The maximum Gasteiger partial charge on any atom is 0.332 e. The maximum absolute atomic E-state index is 12.2. The molecule has 0 aromatic heterocycles. The molecule has 1 fully saturated rings. The van der Waals surface area contributed by atoms with Gasteiger partial charge in [0.25, 0.3) is 11.8 Å². The molecule has 1 unspecified atom stereocenters. The molecule has 3 amide bonds. The molecule has 0 aromatic rings. The summed E-state index contributed by atoms with van der Waals surface area (Å²) >= 11 is 0. The molecule has 0 bridgehead atoms. The van der Waals surface area contributed by atoms with Crippen LogP contribution < -0.4 is 5.32 Å². The average molecular weight is 396 g/mol. The van der Waals surface area contributed by atoms with Crippen molar-refractivity contribution in [2.75, 3.05) is 32.9 Å². The molecule has 9 nitrogen and oxygen atoms in total. The highest BCUT2D eigenvalue weighted by Gasteiger charge is 2.31. The number of imide groups is 1. The molecule has 28 heavy (non-hydrogen) atoms. The Kier molecular flexibility index (Phi) is 8.59. The van der Waals surface area contributed by atoms with E-state index in [1.54, 1.807) is 0 Å². The second-order valence-corrected chi connectivity index (χ2v) is 7.09. The minimum Gasteiger partial charge on any atom is -0.479 e. The standard InChI is InChI=1S/C19H28N2O7/c1-13(19(25)26)28-11-10-27-9-8-20-18(24)15-4-2-14(3-5-15)12-21-16(22)6-7-17(21)23/h6-7,13-15H,2-5,8-12H2,1H3,(H,20,24)(H,25,26). The number of carbonyl (C=O) groups is 4. The number of aliphatic carboxylic acids is 1. The summed E-state index contributed by atoms with van der Waals surface area (Å²) in [6.07, 6.45) is 4.82. The highest BCUT2D eigenvalue weighted by molar-refractivity contribution is 6.12. The Morgan fingerprint density at radius 1 is 1.14 bits per heavy atom. The quantitative estimate of drug-likeness (QED) is 0.381. The van der Waals surface area contributed by atoms with Gasteiger partial charge < -0.3 is 19.9 Å². The van der Waals surface area contributed by atoms with Crippen LogP contribution >= 0.6 is 0 Å². The van der Waals surface area contributed by atoms with E-state index in [4.69, 9.17) is 14.6 Å². The molecule has 156 valence electrons. The number of nitrogens with one attached hydrogen (secondary N) is 1. The van der Waals surface area contributed by atoms with Crippen LogP contribution in [0.15, 0.2) is 12.2 Å². The number of hydrogen-bond acceptors (Lipinski definition) is 6. The third-order valence-electron chi connectivity index (χ3n) is 5.05. The Hall–Kier alpha value is -2.26. The number of hydrogen-bond donors (Lipinski definition) is 2. The first kappa shape index (κ1) is 22.0. The van der Waals surface area contributed by atoms with E-state index >= 15 is 0 Å². The fourth-order valence-electron chi connectivity index (χ4n) is 3.32. The first-order valence-corrected chi connectivity index (χ1v) is 9.62. The average Bonchev–Trinajstić information content (AvgIpc) is 2.99. The van der Waals surface area contributed by atoms with E-state index in [1.165, 1.54) is 24.0 Å². The molecule has 2 aliphatic rings. The van der Waals surface area contributed by atoms with Crippen LogP contribution in [0.1, 0.15) is 32.6 Å². The monoisotopic (exact) mass is 396 g/mol. The predicted octanol–water partition coefficient (Wildman–Crippen LogP) is 0.340. The molecule has 9 heteroatoms. The normalized spacial score (nSPS) is 23.1. The third kappa shape index (κ3) is 6.72. The molecule has 0 spiro atoms. The first-order valence-electron chi connectivity index (χ1n) is 9.62. The highest BCUT2D eigenvalue weighted by Crippen LogP contribution is 2.30. The predicted molar refractivity (Wildman–Crippen MR) is 98.2 cm³/mol. The molecule has 1 saturated carbocycles. The number of carboxylic acid groups (broad SMARTS) is 1. The van der Waals surface area contributed by atoms with E-state index in [1.807, 2.05) is 0 Å². The van der Waals surface area contributed by atoms with Gasteiger partial charge in [0.15, 0.2) is 6.10 Å². The zero-order valence-electron chi connectivity index (χ0n) is 16.1. The van der Waals surface area contributed by atoms with Crippen molar-refractivity contribution in [2.24, 2.45) is 11.8 Å². The maximum atomic E-state index is 12.2. The van der Waals surface area contributed by atoms with Crippen LogP contribution in [0.25, 0.3) is 0 Å². The van der Waals surface area contributed by atoms with Gasteiger partial charge in [0.1, 0.15) is 0 Å². The largest absolute Gasteiger partial charge is 0.479 e. The van der Waals surface area contributed by atoms with Crippen LogP contribution in [0.2, 0.25) is 0 Å². The number of ether oxygens (including phenoxy) is 2. The summed E-state index contributed by atoms with van der Waals surface area (Å²) in [5.41, 5.74) is 0. The zero-order valence-corrected chi connectivity index (χ0v) is 16.1. The summed E-state index contributed by atoms with van der Waals surface area (Å²) in [5, 5.41) is 11.5. The molecule has 1 atom stereocenters. The van der Waals surface area contributed by atoms with Gasteiger partial charge in [0.2, 0.25) is 5.91 Å². The van der Waals surface area contributed by atoms with Gasteiger partial charge in [-0.1, -0.05) is 0 Å². The van der Waals surface area contributed by atoms with Crippen LogP contribution in [-0.4, -0.2) is 72.7 Å². The molecule has 0 radical (unpaired) electrons. The van der Waals surface area contributed by atoms with Crippen molar-refractivity contribution in [2.45, 2.75) is 38.7 Å². The van der Waals surface area contributed by atoms with E-state index in [0.717, 1.165) is 25.7 Å². The molecule has 2 rings (SSSR count). The van der Waals surface area contributed by atoms with Crippen molar-refractivity contribution in [3.63, 3.8) is 0 Å². The van der Waals surface area contributed by atoms with Crippen molar-refractivity contribution in [3.05, 3.63) is 12.2 Å².